The fourth-order valence-corrected chi connectivity index (χ4v) is 2.22. The van der Waals surface area contributed by atoms with Crippen LogP contribution in [-0.4, -0.2) is 34.7 Å². The van der Waals surface area contributed by atoms with Gasteiger partial charge >= 0.3 is 18.3 Å². The predicted molar refractivity (Wildman–Crippen MR) is 78.1 cm³/mol. The summed E-state index contributed by atoms with van der Waals surface area (Å²) in [7, 11) is 1.14. The molecule has 0 unspecified atom stereocenters. The van der Waals surface area contributed by atoms with Crippen molar-refractivity contribution in [1.82, 2.24) is 15.0 Å². The smallest absolute Gasteiger partial charge is 0.416 e. The van der Waals surface area contributed by atoms with E-state index in [4.69, 9.17) is 9.47 Å². The molecule has 0 fully saturated rings. The maximum absolute atomic E-state index is 12.9. The van der Waals surface area contributed by atoms with Gasteiger partial charge in [-0.1, -0.05) is 5.21 Å². The molecular formula is C15H13F6N3O3. The molecule has 2 rings (SSSR count). The molecule has 12 heteroatoms. The molecular weight excluding hydrogens is 384 g/mol. The molecule has 6 nitrogen and oxygen atoms in total. The molecule has 0 amide bonds. The van der Waals surface area contributed by atoms with E-state index in [0.29, 0.717) is 12.1 Å². The van der Waals surface area contributed by atoms with Crippen molar-refractivity contribution in [3.05, 3.63) is 40.6 Å². The van der Waals surface area contributed by atoms with E-state index in [0.717, 1.165) is 11.8 Å². The van der Waals surface area contributed by atoms with Crippen molar-refractivity contribution >= 4 is 5.97 Å². The molecule has 27 heavy (non-hydrogen) atoms. The Morgan fingerprint density at radius 1 is 1.07 bits per heavy atom. The number of nitrogens with zero attached hydrogens (tertiary/aromatic N) is 3. The van der Waals surface area contributed by atoms with Gasteiger partial charge in [-0.05, 0) is 30.7 Å². The Balaban J connectivity index is 2.47. The number of rotatable bonds is 5. The Hall–Kier alpha value is -2.79. The first-order chi connectivity index (χ1) is 12.5. The largest absolute Gasteiger partial charge is 0.479 e. The van der Waals surface area contributed by atoms with Gasteiger partial charge in [0.25, 0.3) is 0 Å². The number of hydrogen-bond donors (Lipinski definition) is 0. The van der Waals surface area contributed by atoms with Gasteiger partial charge in [0.05, 0.1) is 31.4 Å². The lowest BCUT2D eigenvalue weighted by Gasteiger charge is -2.14. The molecule has 2 aromatic rings. The Bertz CT molecular complexity index is 797. The van der Waals surface area contributed by atoms with Crippen LogP contribution in [0.3, 0.4) is 0 Å². The molecule has 0 aliphatic heterocycles. The molecule has 0 saturated carbocycles. The third-order valence-electron chi connectivity index (χ3n) is 3.33. The van der Waals surface area contributed by atoms with E-state index in [-0.39, 0.29) is 29.8 Å². The summed E-state index contributed by atoms with van der Waals surface area (Å²) in [5.74, 6) is -1.14. The molecule has 0 bridgehead atoms. The second-order valence-corrected chi connectivity index (χ2v) is 5.24. The average molecular weight is 397 g/mol. The molecule has 0 atom stereocenters. The van der Waals surface area contributed by atoms with Crippen molar-refractivity contribution in [2.45, 2.75) is 25.8 Å². The number of methoxy groups -OCH3 is 1. The van der Waals surface area contributed by atoms with Crippen LogP contribution in [0, 0.1) is 0 Å². The summed E-state index contributed by atoms with van der Waals surface area (Å²) < 4.78 is 88.1. The number of benzene rings is 1. The lowest BCUT2D eigenvalue weighted by molar-refractivity contribution is -0.143. The van der Waals surface area contributed by atoms with Gasteiger partial charge < -0.3 is 9.47 Å². The maximum Gasteiger partial charge on any atom is 0.416 e. The van der Waals surface area contributed by atoms with Crippen molar-refractivity contribution in [3.8, 4) is 5.88 Å². The highest BCUT2D eigenvalue weighted by Gasteiger charge is 2.37. The summed E-state index contributed by atoms with van der Waals surface area (Å²) in [4.78, 5) is 11.7. The Morgan fingerprint density at radius 2 is 1.63 bits per heavy atom. The van der Waals surface area contributed by atoms with Gasteiger partial charge in [0, 0.05) is 0 Å². The minimum absolute atomic E-state index is 0.0200. The van der Waals surface area contributed by atoms with Crippen LogP contribution in [0.1, 0.15) is 34.1 Å². The van der Waals surface area contributed by atoms with Crippen molar-refractivity contribution in [2.75, 3.05) is 13.7 Å². The summed E-state index contributed by atoms with van der Waals surface area (Å²) >= 11 is 0. The van der Waals surface area contributed by atoms with E-state index < -0.39 is 36.0 Å². The summed E-state index contributed by atoms with van der Waals surface area (Å²) in [6.45, 7) is 1.02. The zero-order valence-corrected chi connectivity index (χ0v) is 14.0. The number of alkyl halides is 6. The van der Waals surface area contributed by atoms with Gasteiger partial charge in [-0.3, -0.25) is 0 Å². The topological polar surface area (TPSA) is 66.2 Å². The van der Waals surface area contributed by atoms with Gasteiger partial charge in [0.1, 0.15) is 0 Å². The first kappa shape index (κ1) is 20.5. The van der Waals surface area contributed by atoms with Crippen LogP contribution in [0.15, 0.2) is 18.2 Å². The fourth-order valence-electron chi connectivity index (χ4n) is 2.22. The molecule has 1 aromatic heterocycles. The van der Waals surface area contributed by atoms with Crippen LogP contribution in [-0.2, 0) is 23.6 Å². The first-order valence-electron chi connectivity index (χ1n) is 7.40. The van der Waals surface area contributed by atoms with Crippen LogP contribution < -0.4 is 4.74 Å². The molecule has 1 heterocycles. The fraction of sp³-hybridized carbons (Fsp3) is 0.400. The SMILES string of the molecule is CCOC(=O)c1nnn(Cc2cc(C(F)(F)F)cc(C(F)(F)F)c2)c1OC. The van der Waals surface area contributed by atoms with Gasteiger partial charge in [-0.15, -0.1) is 5.10 Å². The quantitative estimate of drug-likeness (QED) is 0.570. The van der Waals surface area contributed by atoms with E-state index >= 15 is 0 Å². The number of halogens is 6. The number of carbonyl (C=O) groups is 1. The number of esters is 1. The van der Waals surface area contributed by atoms with Crippen LogP contribution in [0.2, 0.25) is 0 Å². The van der Waals surface area contributed by atoms with Gasteiger partial charge in [-0.25, -0.2) is 9.48 Å². The molecule has 0 aliphatic carbocycles. The standard InChI is InChI=1S/C15H13F6N3O3/c1-3-27-13(25)11-12(26-2)24(23-22-11)7-8-4-9(14(16,17)18)6-10(5-8)15(19,20)21/h4-6H,3,7H2,1-2H3. The second-order valence-electron chi connectivity index (χ2n) is 5.24. The van der Waals surface area contributed by atoms with Gasteiger partial charge in [0.2, 0.25) is 11.6 Å². The first-order valence-corrected chi connectivity index (χ1v) is 7.40. The number of aromatic nitrogens is 3. The third kappa shape index (κ3) is 4.68. The Morgan fingerprint density at radius 3 is 2.07 bits per heavy atom. The van der Waals surface area contributed by atoms with Crippen molar-refractivity contribution in [1.29, 1.82) is 0 Å². The molecule has 148 valence electrons. The lowest BCUT2D eigenvalue weighted by atomic mass is 10.0. The maximum atomic E-state index is 12.9. The van der Waals surface area contributed by atoms with Crippen LogP contribution in [0.4, 0.5) is 26.3 Å². The molecule has 1 aromatic carbocycles. The van der Waals surface area contributed by atoms with E-state index in [2.05, 4.69) is 10.3 Å². The third-order valence-corrected chi connectivity index (χ3v) is 3.33. The number of ether oxygens (including phenoxy) is 2. The van der Waals surface area contributed by atoms with Crippen molar-refractivity contribution in [3.63, 3.8) is 0 Å². The summed E-state index contributed by atoms with van der Waals surface area (Å²) in [5.41, 5.74) is -3.62. The van der Waals surface area contributed by atoms with E-state index in [9.17, 15) is 31.1 Å². The molecule has 0 N–H and O–H groups in total. The van der Waals surface area contributed by atoms with Gasteiger partial charge in [-0.2, -0.15) is 26.3 Å². The van der Waals surface area contributed by atoms with E-state index in [1.807, 2.05) is 0 Å². The van der Waals surface area contributed by atoms with Crippen molar-refractivity contribution in [2.24, 2.45) is 0 Å². The number of hydrogen-bond acceptors (Lipinski definition) is 5. The van der Waals surface area contributed by atoms with Gasteiger partial charge in [0.15, 0.2) is 0 Å². The second kappa shape index (κ2) is 7.45. The average Bonchev–Trinajstić information content (AvgIpc) is 2.95. The highest BCUT2D eigenvalue weighted by Crippen LogP contribution is 2.36. The van der Waals surface area contributed by atoms with Crippen LogP contribution >= 0.6 is 0 Å². The Kier molecular flexibility index (Phi) is 5.66. The molecule has 0 spiro atoms. The molecule has 0 aliphatic rings. The normalized spacial score (nSPS) is 12.1. The predicted octanol–water partition coefficient (Wildman–Crippen LogP) is 3.55. The van der Waals surface area contributed by atoms with Crippen molar-refractivity contribution < 1.29 is 40.6 Å². The molecule has 0 saturated heterocycles. The Labute approximate surface area is 148 Å². The zero-order chi connectivity index (χ0) is 20.4. The lowest BCUT2D eigenvalue weighted by Crippen LogP contribution is -2.13. The highest BCUT2D eigenvalue weighted by atomic mass is 19.4. The number of carbonyl (C=O) groups excluding carboxylic acids is 1. The zero-order valence-electron chi connectivity index (χ0n) is 14.0. The summed E-state index contributed by atoms with van der Waals surface area (Å²) in [6, 6.07) is 1.13. The van der Waals surface area contributed by atoms with Crippen LogP contribution in [0.25, 0.3) is 0 Å². The minimum atomic E-state index is -4.97. The van der Waals surface area contributed by atoms with E-state index in [1.54, 1.807) is 0 Å². The summed E-state index contributed by atoms with van der Waals surface area (Å²) in [6.07, 6.45) is -9.95. The monoisotopic (exact) mass is 397 g/mol. The minimum Gasteiger partial charge on any atom is -0.479 e. The highest BCUT2D eigenvalue weighted by molar-refractivity contribution is 5.89. The van der Waals surface area contributed by atoms with E-state index in [1.165, 1.54) is 6.92 Å². The van der Waals surface area contributed by atoms with Crippen LogP contribution in [0.5, 0.6) is 5.88 Å². The molecule has 0 radical (unpaired) electrons. The summed E-state index contributed by atoms with van der Waals surface area (Å²) in [5, 5.41) is 7.06.